The summed E-state index contributed by atoms with van der Waals surface area (Å²) in [5, 5.41) is 3.70. The first-order valence-corrected chi connectivity index (χ1v) is 4.64. The lowest BCUT2D eigenvalue weighted by Crippen LogP contribution is -2.05. The van der Waals surface area contributed by atoms with Gasteiger partial charge >= 0.3 is 0 Å². The van der Waals surface area contributed by atoms with Crippen molar-refractivity contribution in [3.05, 3.63) is 23.2 Å². The number of hydrogen-bond acceptors (Lipinski definition) is 2. The topological polar surface area (TPSA) is 21.3 Å². The predicted molar refractivity (Wildman–Crippen MR) is 56.8 cm³/mol. The largest absolute Gasteiger partial charge is 0.491 e. The van der Waals surface area contributed by atoms with Crippen LogP contribution in [0.4, 0.5) is 5.69 Å². The normalized spacial score (nSPS) is 10.2. The van der Waals surface area contributed by atoms with Gasteiger partial charge in [-0.25, -0.2) is 0 Å². The lowest BCUT2D eigenvalue weighted by atomic mass is 10.3. The molecule has 0 spiro atoms. The number of rotatable bonds is 3. The zero-order valence-electron chi connectivity index (χ0n) is 8.10. The third-order valence-electron chi connectivity index (χ3n) is 1.53. The standard InChI is InChI=1S/C10H14ClNO/c1-7(2)13-10-5-8(11)4-9(6-10)12-3/h4-7,12H,1-3H3. The second-order valence-electron chi connectivity index (χ2n) is 3.09. The summed E-state index contributed by atoms with van der Waals surface area (Å²) in [6, 6.07) is 5.59. The zero-order chi connectivity index (χ0) is 9.84. The number of ether oxygens (including phenoxy) is 1. The molecule has 0 unspecified atom stereocenters. The van der Waals surface area contributed by atoms with Gasteiger partial charge in [-0.15, -0.1) is 0 Å². The maximum absolute atomic E-state index is 5.89. The first-order chi connectivity index (χ1) is 6.11. The van der Waals surface area contributed by atoms with Gasteiger partial charge in [-0.05, 0) is 26.0 Å². The Kier molecular flexibility index (Phi) is 3.43. The van der Waals surface area contributed by atoms with E-state index in [1.807, 2.05) is 39.1 Å². The minimum Gasteiger partial charge on any atom is -0.491 e. The molecule has 0 saturated carbocycles. The summed E-state index contributed by atoms with van der Waals surface area (Å²) >= 11 is 5.89. The van der Waals surface area contributed by atoms with Crippen LogP contribution in [0.2, 0.25) is 5.02 Å². The van der Waals surface area contributed by atoms with E-state index in [1.165, 1.54) is 0 Å². The van der Waals surface area contributed by atoms with Crippen LogP contribution in [-0.2, 0) is 0 Å². The van der Waals surface area contributed by atoms with Crippen molar-refractivity contribution in [3.8, 4) is 5.75 Å². The highest BCUT2D eigenvalue weighted by Gasteiger charge is 2.01. The number of anilines is 1. The highest BCUT2D eigenvalue weighted by molar-refractivity contribution is 6.31. The number of hydrogen-bond donors (Lipinski definition) is 1. The van der Waals surface area contributed by atoms with Crippen LogP contribution < -0.4 is 10.1 Å². The highest BCUT2D eigenvalue weighted by atomic mass is 35.5. The van der Waals surface area contributed by atoms with Gasteiger partial charge < -0.3 is 10.1 Å². The van der Waals surface area contributed by atoms with E-state index in [0.29, 0.717) is 5.02 Å². The van der Waals surface area contributed by atoms with Crippen LogP contribution in [0.15, 0.2) is 18.2 Å². The van der Waals surface area contributed by atoms with Crippen LogP contribution in [0.1, 0.15) is 13.8 Å². The van der Waals surface area contributed by atoms with Gasteiger partial charge in [0, 0.05) is 23.8 Å². The van der Waals surface area contributed by atoms with Gasteiger partial charge in [0.25, 0.3) is 0 Å². The van der Waals surface area contributed by atoms with Crippen LogP contribution in [0, 0.1) is 0 Å². The van der Waals surface area contributed by atoms with E-state index >= 15 is 0 Å². The summed E-state index contributed by atoms with van der Waals surface area (Å²) in [6.07, 6.45) is 0.170. The average Bonchev–Trinajstić information content (AvgIpc) is 2.01. The molecule has 0 heterocycles. The first kappa shape index (κ1) is 10.2. The predicted octanol–water partition coefficient (Wildman–Crippen LogP) is 3.17. The van der Waals surface area contributed by atoms with E-state index < -0.39 is 0 Å². The molecular formula is C10H14ClNO. The summed E-state index contributed by atoms with van der Waals surface area (Å²) in [5.41, 5.74) is 0.961. The smallest absolute Gasteiger partial charge is 0.123 e. The van der Waals surface area contributed by atoms with Gasteiger partial charge in [-0.2, -0.15) is 0 Å². The van der Waals surface area contributed by atoms with E-state index in [0.717, 1.165) is 11.4 Å². The third kappa shape index (κ3) is 3.15. The van der Waals surface area contributed by atoms with E-state index in [9.17, 15) is 0 Å². The molecule has 0 aliphatic carbocycles. The molecule has 13 heavy (non-hydrogen) atoms. The lowest BCUT2D eigenvalue weighted by Gasteiger charge is -2.11. The van der Waals surface area contributed by atoms with Crippen LogP contribution >= 0.6 is 11.6 Å². The fourth-order valence-corrected chi connectivity index (χ4v) is 1.27. The van der Waals surface area contributed by atoms with Crippen LogP contribution in [0.25, 0.3) is 0 Å². The van der Waals surface area contributed by atoms with Crippen molar-refractivity contribution in [3.63, 3.8) is 0 Å². The molecular weight excluding hydrogens is 186 g/mol. The molecule has 0 atom stereocenters. The van der Waals surface area contributed by atoms with Crippen molar-refractivity contribution in [2.24, 2.45) is 0 Å². The van der Waals surface area contributed by atoms with E-state index in [-0.39, 0.29) is 6.10 Å². The molecule has 2 nitrogen and oxygen atoms in total. The summed E-state index contributed by atoms with van der Waals surface area (Å²) in [6.45, 7) is 3.97. The van der Waals surface area contributed by atoms with Gasteiger partial charge in [0.1, 0.15) is 5.75 Å². The number of nitrogens with one attached hydrogen (secondary N) is 1. The Morgan fingerprint density at radius 2 is 2.00 bits per heavy atom. The Morgan fingerprint density at radius 3 is 2.54 bits per heavy atom. The molecule has 0 aliphatic rings. The fourth-order valence-electron chi connectivity index (χ4n) is 1.05. The highest BCUT2D eigenvalue weighted by Crippen LogP contribution is 2.24. The third-order valence-corrected chi connectivity index (χ3v) is 1.75. The van der Waals surface area contributed by atoms with Gasteiger partial charge in [0.15, 0.2) is 0 Å². The summed E-state index contributed by atoms with van der Waals surface area (Å²) < 4.78 is 5.51. The maximum atomic E-state index is 5.89. The van der Waals surface area contributed by atoms with Crippen molar-refractivity contribution in [1.29, 1.82) is 0 Å². The molecule has 3 heteroatoms. The average molecular weight is 200 g/mol. The minimum absolute atomic E-state index is 0.170. The van der Waals surface area contributed by atoms with Crippen molar-refractivity contribution < 1.29 is 4.74 Å². The monoisotopic (exact) mass is 199 g/mol. The number of halogens is 1. The quantitative estimate of drug-likeness (QED) is 0.808. The Labute approximate surface area is 83.9 Å². The Morgan fingerprint density at radius 1 is 1.31 bits per heavy atom. The number of benzene rings is 1. The second kappa shape index (κ2) is 4.38. The molecule has 0 bridgehead atoms. The van der Waals surface area contributed by atoms with E-state index in [1.54, 1.807) is 0 Å². The minimum atomic E-state index is 0.170. The Balaban J connectivity index is 2.88. The molecule has 1 aromatic rings. The Hall–Kier alpha value is -0.890. The zero-order valence-corrected chi connectivity index (χ0v) is 8.85. The van der Waals surface area contributed by atoms with E-state index in [4.69, 9.17) is 16.3 Å². The van der Waals surface area contributed by atoms with E-state index in [2.05, 4.69) is 5.32 Å². The molecule has 1 aromatic carbocycles. The first-order valence-electron chi connectivity index (χ1n) is 4.27. The molecule has 0 aliphatic heterocycles. The van der Waals surface area contributed by atoms with Crippen molar-refractivity contribution >= 4 is 17.3 Å². The summed E-state index contributed by atoms with van der Waals surface area (Å²) in [7, 11) is 1.85. The molecule has 0 saturated heterocycles. The van der Waals surface area contributed by atoms with Crippen LogP contribution in [0.5, 0.6) is 5.75 Å². The maximum Gasteiger partial charge on any atom is 0.123 e. The molecule has 0 radical (unpaired) electrons. The SMILES string of the molecule is CNc1cc(Cl)cc(OC(C)C)c1. The van der Waals surface area contributed by atoms with Gasteiger partial charge in [-0.3, -0.25) is 0 Å². The van der Waals surface area contributed by atoms with Crippen LogP contribution in [-0.4, -0.2) is 13.2 Å². The van der Waals surface area contributed by atoms with Crippen molar-refractivity contribution in [2.75, 3.05) is 12.4 Å². The summed E-state index contributed by atoms with van der Waals surface area (Å²) in [5.74, 6) is 0.798. The molecule has 1 rings (SSSR count). The van der Waals surface area contributed by atoms with Crippen LogP contribution in [0.3, 0.4) is 0 Å². The molecule has 72 valence electrons. The van der Waals surface area contributed by atoms with Gasteiger partial charge in [-0.1, -0.05) is 11.6 Å². The molecule has 0 amide bonds. The van der Waals surface area contributed by atoms with Gasteiger partial charge in [0.2, 0.25) is 0 Å². The summed E-state index contributed by atoms with van der Waals surface area (Å²) in [4.78, 5) is 0. The van der Waals surface area contributed by atoms with Crippen molar-refractivity contribution in [1.82, 2.24) is 0 Å². The van der Waals surface area contributed by atoms with Crippen molar-refractivity contribution in [2.45, 2.75) is 20.0 Å². The molecule has 0 aromatic heterocycles. The molecule has 0 fully saturated rings. The fraction of sp³-hybridized carbons (Fsp3) is 0.400. The second-order valence-corrected chi connectivity index (χ2v) is 3.53. The lowest BCUT2D eigenvalue weighted by molar-refractivity contribution is 0.242. The van der Waals surface area contributed by atoms with Gasteiger partial charge in [0.05, 0.1) is 6.10 Å². The molecule has 1 N–H and O–H groups in total. The Bertz CT molecular complexity index is 286.